The highest BCUT2D eigenvalue weighted by Gasteiger charge is 2.30. The number of hydrogen-bond donors (Lipinski definition) is 1. The lowest BCUT2D eigenvalue weighted by Gasteiger charge is -2.33. The molecule has 21 heavy (non-hydrogen) atoms. The van der Waals surface area contributed by atoms with Gasteiger partial charge in [0.1, 0.15) is 0 Å². The van der Waals surface area contributed by atoms with Crippen LogP contribution in [0.15, 0.2) is 24.3 Å². The molecule has 0 aliphatic heterocycles. The van der Waals surface area contributed by atoms with Gasteiger partial charge >= 0.3 is 0 Å². The average Bonchev–Trinajstić information content (AvgIpc) is 2.55. The second kappa shape index (κ2) is 6.83. The molecule has 0 radical (unpaired) electrons. The number of hydrogen-bond acceptors (Lipinski definition) is 1. The van der Waals surface area contributed by atoms with Crippen molar-refractivity contribution in [1.29, 1.82) is 0 Å². The van der Waals surface area contributed by atoms with Crippen molar-refractivity contribution in [2.75, 3.05) is 5.88 Å². The van der Waals surface area contributed by atoms with Gasteiger partial charge in [-0.05, 0) is 49.1 Å². The van der Waals surface area contributed by atoms with Crippen LogP contribution in [0.4, 0.5) is 0 Å². The van der Waals surface area contributed by atoms with Crippen LogP contribution >= 0.6 is 11.6 Å². The molecule has 1 N–H and O–H groups in total. The van der Waals surface area contributed by atoms with Crippen LogP contribution in [0.2, 0.25) is 0 Å². The number of fused-ring (bicyclic) bond motifs is 1. The van der Waals surface area contributed by atoms with E-state index >= 15 is 0 Å². The second-order valence-corrected chi connectivity index (χ2v) is 6.83. The van der Waals surface area contributed by atoms with Crippen molar-refractivity contribution < 1.29 is 4.79 Å². The van der Waals surface area contributed by atoms with Gasteiger partial charge in [-0.2, -0.15) is 0 Å². The molecule has 114 valence electrons. The van der Waals surface area contributed by atoms with Gasteiger partial charge in [-0.25, -0.2) is 0 Å². The van der Waals surface area contributed by atoms with Crippen LogP contribution in [0.1, 0.15) is 43.2 Å². The summed E-state index contributed by atoms with van der Waals surface area (Å²) in [6, 6.07) is 8.81. The third kappa shape index (κ3) is 3.42. The van der Waals surface area contributed by atoms with Gasteiger partial charge < -0.3 is 5.32 Å². The fourth-order valence-electron chi connectivity index (χ4n) is 3.80. The number of carbonyl (C=O) groups excluding carboxylic acids is 1. The van der Waals surface area contributed by atoms with Gasteiger partial charge in [0, 0.05) is 17.8 Å². The second-order valence-electron chi connectivity index (χ2n) is 6.52. The van der Waals surface area contributed by atoms with Crippen LogP contribution in [0.5, 0.6) is 0 Å². The zero-order valence-corrected chi connectivity index (χ0v) is 13.2. The Balaban J connectivity index is 1.61. The molecule has 0 bridgehead atoms. The van der Waals surface area contributed by atoms with E-state index in [1.807, 2.05) is 0 Å². The van der Waals surface area contributed by atoms with Crippen LogP contribution in [0.25, 0.3) is 0 Å². The summed E-state index contributed by atoms with van der Waals surface area (Å²) in [6.07, 6.45) is 7.60. The summed E-state index contributed by atoms with van der Waals surface area (Å²) in [5.41, 5.74) is 2.76. The van der Waals surface area contributed by atoms with Crippen LogP contribution in [0, 0.1) is 11.8 Å². The number of aryl methyl sites for hydroxylation is 1. The first-order valence-corrected chi connectivity index (χ1v) is 8.74. The minimum absolute atomic E-state index is 0.137. The molecule has 1 saturated carbocycles. The lowest BCUT2D eigenvalue weighted by atomic mass is 9.82. The minimum atomic E-state index is 0.137. The molecular formula is C18H24ClNO. The summed E-state index contributed by atoms with van der Waals surface area (Å²) in [5.74, 6) is 1.50. The Kier molecular flexibility index (Phi) is 4.84. The monoisotopic (exact) mass is 305 g/mol. The zero-order valence-electron chi connectivity index (χ0n) is 12.5. The molecule has 3 atom stereocenters. The van der Waals surface area contributed by atoms with Crippen molar-refractivity contribution in [3.05, 3.63) is 35.4 Å². The lowest BCUT2D eigenvalue weighted by Crippen LogP contribution is -2.46. The maximum atomic E-state index is 12.6. The first-order valence-electron chi connectivity index (χ1n) is 8.21. The van der Waals surface area contributed by atoms with Crippen LogP contribution in [0.3, 0.4) is 0 Å². The van der Waals surface area contributed by atoms with E-state index in [9.17, 15) is 4.79 Å². The molecule has 2 aliphatic carbocycles. The van der Waals surface area contributed by atoms with Crippen LogP contribution in [-0.4, -0.2) is 17.8 Å². The highest BCUT2D eigenvalue weighted by Crippen LogP contribution is 2.28. The quantitative estimate of drug-likeness (QED) is 0.848. The molecule has 2 nitrogen and oxygen atoms in total. The van der Waals surface area contributed by atoms with Crippen molar-refractivity contribution in [1.82, 2.24) is 5.32 Å². The van der Waals surface area contributed by atoms with E-state index in [-0.39, 0.29) is 11.8 Å². The number of amides is 1. The molecular weight excluding hydrogens is 282 g/mol. The van der Waals surface area contributed by atoms with Crippen molar-refractivity contribution >= 4 is 17.5 Å². The molecule has 1 fully saturated rings. The Labute approximate surface area is 132 Å². The summed E-state index contributed by atoms with van der Waals surface area (Å²) >= 11 is 6.06. The molecule has 0 heterocycles. The molecule has 1 aromatic rings. The number of nitrogens with one attached hydrogen (secondary N) is 1. The zero-order chi connectivity index (χ0) is 14.7. The summed E-state index contributed by atoms with van der Waals surface area (Å²) in [5, 5.41) is 3.30. The van der Waals surface area contributed by atoms with E-state index in [4.69, 9.17) is 11.6 Å². The minimum Gasteiger partial charge on any atom is -0.353 e. The molecule has 0 saturated heterocycles. The van der Waals surface area contributed by atoms with Crippen molar-refractivity contribution in [3.63, 3.8) is 0 Å². The predicted molar refractivity (Wildman–Crippen MR) is 86.6 cm³/mol. The third-order valence-corrected chi connectivity index (χ3v) is 5.55. The number of alkyl halides is 1. The lowest BCUT2D eigenvalue weighted by molar-refractivity contribution is -0.126. The molecule has 0 spiro atoms. The predicted octanol–water partition coefficient (Wildman–Crippen LogP) is 3.71. The fourth-order valence-corrected chi connectivity index (χ4v) is 4.17. The van der Waals surface area contributed by atoms with Gasteiger partial charge in [-0.15, -0.1) is 11.6 Å². The van der Waals surface area contributed by atoms with E-state index < -0.39 is 0 Å². The van der Waals surface area contributed by atoms with E-state index in [0.29, 0.717) is 17.8 Å². The van der Waals surface area contributed by atoms with Gasteiger partial charge in [0.25, 0.3) is 0 Å². The molecule has 1 aromatic carbocycles. The van der Waals surface area contributed by atoms with Gasteiger partial charge in [-0.3, -0.25) is 4.79 Å². The van der Waals surface area contributed by atoms with E-state index in [1.54, 1.807) is 0 Å². The van der Waals surface area contributed by atoms with E-state index in [2.05, 4.69) is 29.6 Å². The van der Waals surface area contributed by atoms with Crippen LogP contribution in [-0.2, 0) is 17.6 Å². The molecule has 1 amide bonds. The Morgan fingerprint density at radius 3 is 2.71 bits per heavy atom. The Morgan fingerprint density at radius 2 is 1.90 bits per heavy atom. The maximum absolute atomic E-state index is 12.6. The summed E-state index contributed by atoms with van der Waals surface area (Å²) < 4.78 is 0. The third-order valence-electron chi connectivity index (χ3n) is 5.15. The van der Waals surface area contributed by atoms with Crippen molar-refractivity contribution in [3.8, 4) is 0 Å². The standard InChI is InChI=1S/C18H24ClNO/c19-12-16-7-3-4-8-17(16)20-18(21)15-10-9-13-5-1-2-6-14(13)11-15/h1-2,5-6,15-17H,3-4,7-12H2,(H,20,21). The Morgan fingerprint density at radius 1 is 1.14 bits per heavy atom. The summed E-state index contributed by atoms with van der Waals surface area (Å²) in [6.45, 7) is 0. The van der Waals surface area contributed by atoms with E-state index in [0.717, 1.165) is 32.1 Å². The number of rotatable bonds is 3. The highest BCUT2D eigenvalue weighted by molar-refractivity contribution is 6.18. The summed E-state index contributed by atoms with van der Waals surface area (Å²) in [4.78, 5) is 12.6. The molecule has 2 aliphatic rings. The number of benzene rings is 1. The van der Waals surface area contributed by atoms with Crippen molar-refractivity contribution in [2.45, 2.75) is 51.0 Å². The molecule has 3 rings (SSSR count). The average molecular weight is 306 g/mol. The van der Waals surface area contributed by atoms with Gasteiger partial charge in [0.05, 0.1) is 0 Å². The molecule has 3 unspecified atom stereocenters. The first kappa shape index (κ1) is 14.9. The number of halogens is 1. The summed E-state index contributed by atoms with van der Waals surface area (Å²) in [7, 11) is 0. The Hall–Kier alpha value is -1.02. The maximum Gasteiger partial charge on any atom is 0.223 e. The first-order chi connectivity index (χ1) is 10.3. The molecule has 0 aromatic heterocycles. The van der Waals surface area contributed by atoms with Crippen molar-refractivity contribution in [2.24, 2.45) is 11.8 Å². The topological polar surface area (TPSA) is 29.1 Å². The fraction of sp³-hybridized carbons (Fsp3) is 0.611. The van der Waals surface area contributed by atoms with Gasteiger partial charge in [0.15, 0.2) is 0 Å². The van der Waals surface area contributed by atoms with Gasteiger partial charge in [-0.1, -0.05) is 37.1 Å². The van der Waals surface area contributed by atoms with Crippen LogP contribution < -0.4 is 5.32 Å². The normalized spacial score (nSPS) is 28.7. The molecule has 3 heteroatoms. The SMILES string of the molecule is O=C(NC1CCCCC1CCl)C1CCc2ccccc2C1. The van der Waals surface area contributed by atoms with E-state index in [1.165, 1.54) is 24.0 Å². The number of carbonyl (C=O) groups is 1. The highest BCUT2D eigenvalue weighted by atomic mass is 35.5. The smallest absolute Gasteiger partial charge is 0.223 e. The largest absolute Gasteiger partial charge is 0.353 e. The van der Waals surface area contributed by atoms with Gasteiger partial charge in [0.2, 0.25) is 5.91 Å². The Bertz CT molecular complexity index is 502.